The molecule has 0 aliphatic heterocycles. The molecule has 8 heteroatoms. The molecule has 1 atom stereocenters. The van der Waals surface area contributed by atoms with Gasteiger partial charge in [-0.1, -0.05) is 12.1 Å². The third-order valence-electron chi connectivity index (χ3n) is 4.41. The van der Waals surface area contributed by atoms with Crippen LogP contribution in [0.25, 0.3) is 16.9 Å². The summed E-state index contributed by atoms with van der Waals surface area (Å²) in [6.07, 6.45) is 4.79. The van der Waals surface area contributed by atoms with Crippen LogP contribution in [0, 0.1) is 5.82 Å². The second-order valence-electron chi connectivity index (χ2n) is 6.37. The number of carbonyl (C=O) groups is 1. The number of halogens is 1. The summed E-state index contributed by atoms with van der Waals surface area (Å²) in [4.78, 5) is 24.6. The molecule has 7 nitrogen and oxygen atoms in total. The predicted octanol–water partition coefficient (Wildman–Crippen LogP) is 3.23. The average molecular weight is 376 g/mol. The summed E-state index contributed by atoms with van der Waals surface area (Å²) in [6, 6.07) is 11.2. The van der Waals surface area contributed by atoms with Crippen molar-refractivity contribution in [2.45, 2.75) is 13.0 Å². The van der Waals surface area contributed by atoms with Crippen LogP contribution in [0.1, 0.15) is 28.9 Å². The minimum Gasteiger partial charge on any atom is -0.366 e. The van der Waals surface area contributed by atoms with E-state index in [1.165, 1.54) is 12.1 Å². The SMILES string of the molecule is C[C@H](Nc1cncc(-n2cnc3ccc(C(N)=O)cc32)n1)c1cccc(F)c1. The summed E-state index contributed by atoms with van der Waals surface area (Å²) >= 11 is 0. The van der Waals surface area contributed by atoms with E-state index in [1.54, 1.807) is 47.6 Å². The first-order chi connectivity index (χ1) is 13.5. The van der Waals surface area contributed by atoms with Gasteiger partial charge in [-0.2, -0.15) is 0 Å². The van der Waals surface area contributed by atoms with Gasteiger partial charge in [0.15, 0.2) is 5.82 Å². The van der Waals surface area contributed by atoms with Crippen molar-refractivity contribution in [2.75, 3.05) is 5.32 Å². The molecule has 0 radical (unpaired) electrons. The van der Waals surface area contributed by atoms with E-state index in [0.29, 0.717) is 28.2 Å². The zero-order valence-corrected chi connectivity index (χ0v) is 15.0. The van der Waals surface area contributed by atoms with Gasteiger partial charge in [-0.25, -0.2) is 14.4 Å². The van der Waals surface area contributed by atoms with Crippen molar-refractivity contribution in [1.29, 1.82) is 0 Å². The molecule has 0 spiro atoms. The molecule has 3 N–H and O–H groups in total. The quantitative estimate of drug-likeness (QED) is 0.557. The van der Waals surface area contributed by atoms with Crippen LogP contribution in [0.15, 0.2) is 61.2 Å². The van der Waals surface area contributed by atoms with Crippen molar-refractivity contribution in [3.8, 4) is 5.82 Å². The fraction of sp³-hybridized carbons (Fsp3) is 0.100. The number of hydrogen-bond donors (Lipinski definition) is 2. The molecule has 140 valence electrons. The fourth-order valence-corrected chi connectivity index (χ4v) is 2.97. The number of fused-ring (bicyclic) bond motifs is 1. The molecule has 0 fully saturated rings. The lowest BCUT2D eigenvalue weighted by atomic mass is 10.1. The number of nitrogens with zero attached hydrogens (tertiary/aromatic N) is 4. The highest BCUT2D eigenvalue weighted by molar-refractivity contribution is 5.96. The Morgan fingerprint density at radius 1 is 1.21 bits per heavy atom. The number of carbonyl (C=O) groups excluding carboxylic acids is 1. The number of aromatic nitrogens is 4. The highest BCUT2D eigenvalue weighted by atomic mass is 19.1. The van der Waals surface area contributed by atoms with Crippen LogP contribution in [0.5, 0.6) is 0 Å². The second-order valence-corrected chi connectivity index (χ2v) is 6.37. The van der Waals surface area contributed by atoms with Crippen molar-refractivity contribution >= 4 is 22.8 Å². The number of anilines is 1. The molecule has 4 rings (SSSR count). The average Bonchev–Trinajstić information content (AvgIpc) is 3.11. The Morgan fingerprint density at radius 2 is 2.07 bits per heavy atom. The molecule has 0 aliphatic carbocycles. The van der Waals surface area contributed by atoms with Gasteiger partial charge in [0.2, 0.25) is 5.91 Å². The molecule has 2 aromatic carbocycles. The van der Waals surface area contributed by atoms with Crippen LogP contribution in [-0.4, -0.2) is 25.4 Å². The fourth-order valence-electron chi connectivity index (χ4n) is 2.97. The van der Waals surface area contributed by atoms with E-state index in [1.807, 2.05) is 13.0 Å². The predicted molar refractivity (Wildman–Crippen MR) is 104 cm³/mol. The molecule has 28 heavy (non-hydrogen) atoms. The van der Waals surface area contributed by atoms with Gasteiger partial charge in [0.05, 0.1) is 29.5 Å². The number of hydrogen-bond acceptors (Lipinski definition) is 5. The maximum Gasteiger partial charge on any atom is 0.248 e. The van der Waals surface area contributed by atoms with Gasteiger partial charge >= 0.3 is 0 Å². The van der Waals surface area contributed by atoms with E-state index < -0.39 is 5.91 Å². The van der Waals surface area contributed by atoms with Crippen LogP contribution in [0.3, 0.4) is 0 Å². The monoisotopic (exact) mass is 376 g/mol. The lowest BCUT2D eigenvalue weighted by Gasteiger charge is -2.15. The van der Waals surface area contributed by atoms with E-state index in [4.69, 9.17) is 5.73 Å². The smallest absolute Gasteiger partial charge is 0.248 e. The van der Waals surface area contributed by atoms with Gasteiger partial charge in [-0.15, -0.1) is 0 Å². The molecule has 0 saturated carbocycles. The third-order valence-corrected chi connectivity index (χ3v) is 4.41. The molecule has 0 unspecified atom stereocenters. The summed E-state index contributed by atoms with van der Waals surface area (Å²) in [6.45, 7) is 1.91. The first-order valence-electron chi connectivity index (χ1n) is 8.62. The van der Waals surface area contributed by atoms with E-state index >= 15 is 0 Å². The van der Waals surface area contributed by atoms with E-state index in [0.717, 1.165) is 5.56 Å². The van der Waals surface area contributed by atoms with Crippen molar-refractivity contribution in [2.24, 2.45) is 5.73 Å². The Labute approximate surface area is 160 Å². The van der Waals surface area contributed by atoms with Crippen LogP contribution < -0.4 is 11.1 Å². The molecule has 2 heterocycles. The number of nitrogens with one attached hydrogen (secondary N) is 1. The van der Waals surface area contributed by atoms with Crippen molar-refractivity contribution in [3.63, 3.8) is 0 Å². The molecule has 4 aromatic rings. The minimum atomic E-state index is -0.514. The Kier molecular flexibility index (Phi) is 4.44. The molecule has 1 amide bonds. The Morgan fingerprint density at radius 3 is 2.86 bits per heavy atom. The maximum atomic E-state index is 13.5. The largest absolute Gasteiger partial charge is 0.366 e. The van der Waals surface area contributed by atoms with E-state index in [2.05, 4.69) is 20.3 Å². The van der Waals surface area contributed by atoms with Crippen LogP contribution in [0.4, 0.5) is 10.2 Å². The first kappa shape index (κ1) is 17.6. The number of rotatable bonds is 5. The highest BCUT2D eigenvalue weighted by Crippen LogP contribution is 2.21. The van der Waals surface area contributed by atoms with Crippen molar-refractivity contribution in [1.82, 2.24) is 19.5 Å². The Hall–Kier alpha value is -3.81. The van der Waals surface area contributed by atoms with Crippen molar-refractivity contribution < 1.29 is 9.18 Å². The molecular weight excluding hydrogens is 359 g/mol. The van der Waals surface area contributed by atoms with E-state index in [9.17, 15) is 9.18 Å². The molecule has 0 saturated heterocycles. The molecule has 2 aromatic heterocycles. The lowest BCUT2D eigenvalue weighted by molar-refractivity contribution is 0.100. The summed E-state index contributed by atoms with van der Waals surface area (Å²) in [7, 11) is 0. The van der Waals surface area contributed by atoms with Gasteiger partial charge in [-0.05, 0) is 42.8 Å². The van der Waals surface area contributed by atoms with Gasteiger partial charge in [0.1, 0.15) is 18.0 Å². The number of nitrogens with two attached hydrogens (primary N) is 1. The number of amides is 1. The van der Waals surface area contributed by atoms with Gasteiger partial charge in [0, 0.05) is 5.56 Å². The van der Waals surface area contributed by atoms with Crippen molar-refractivity contribution in [3.05, 3.63) is 78.1 Å². The molecule has 0 bridgehead atoms. The van der Waals surface area contributed by atoms with Gasteiger partial charge < -0.3 is 11.1 Å². The molecule has 0 aliphatic rings. The topological polar surface area (TPSA) is 98.7 Å². The molecular formula is C20H17FN6O. The third kappa shape index (κ3) is 3.39. The zero-order chi connectivity index (χ0) is 19.7. The standard InChI is InChI=1S/C20H17FN6O/c1-12(13-3-2-4-15(21)7-13)25-18-9-23-10-19(26-18)27-11-24-16-6-5-14(20(22)28)8-17(16)27/h2-12H,1H3,(H2,22,28)(H,25,26)/t12-/m0/s1. The number of imidazole rings is 1. The van der Waals surface area contributed by atoms with Crippen LogP contribution in [-0.2, 0) is 0 Å². The van der Waals surface area contributed by atoms with Crippen LogP contribution >= 0.6 is 0 Å². The lowest BCUT2D eigenvalue weighted by Crippen LogP contribution is -2.11. The Balaban J connectivity index is 1.66. The van der Waals surface area contributed by atoms with Gasteiger partial charge in [-0.3, -0.25) is 14.3 Å². The van der Waals surface area contributed by atoms with Gasteiger partial charge in [0.25, 0.3) is 0 Å². The normalized spacial score (nSPS) is 12.1. The van der Waals surface area contributed by atoms with E-state index in [-0.39, 0.29) is 11.9 Å². The first-order valence-corrected chi connectivity index (χ1v) is 8.62. The summed E-state index contributed by atoms with van der Waals surface area (Å²) in [5.74, 6) is 0.254. The number of primary amides is 1. The highest BCUT2D eigenvalue weighted by Gasteiger charge is 2.12. The maximum absolute atomic E-state index is 13.5. The minimum absolute atomic E-state index is 0.166. The second kappa shape index (κ2) is 7.07. The summed E-state index contributed by atoms with van der Waals surface area (Å²) in [5, 5.41) is 3.22. The Bertz CT molecular complexity index is 1170. The zero-order valence-electron chi connectivity index (χ0n) is 15.0. The summed E-state index contributed by atoms with van der Waals surface area (Å²) in [5.41, 5.74) is 7.96. The number of benzene rings is 2. The van der Waals surface area contributed by atoms with Crippen LogP contribution in [0.2, 0.25) is 0 Å². The summed E-state index contributed by atoms with van der Waals surface area (Å²) < 4.78 is 15.2.